The Morgan fingerprint density at radius 2 is 2.14 bits per heavy atom. The second-order valence-corrected chi connectivity index (χ2v) is 4.55. The first kappa shape index (κ1) is 8.41. The number of hydrogen-bond donors (Lipinski definition) is 0. The van der Waals surface area contributed by atoms with Gasteiger partial charge in [0, 0.05) is 12.7 Å². The van der Waals surface area contributed by atoms with Crippen LogP contribution in [0.2, 0.25) is 0 Å². The molecule has 2 bridgehead atoms. The van der Waals surface area contributed by atoms with E-state index < -0.39 is 0 Å². The third-order valence-electron chi connectivity index (χ3n) is 3.59. The van der Waals surface area contributed by atoms with E-state index in [1.54, 1.807) is 0 Å². The number of fused-ring (bicyclic) bond motifs is 3. The highest BCUT2D eigenvalue weighted by molar-refractivity contribution is 4.94. The molecular formula is C10H16N4. The van der Waals surface area contributed by atoms with Crippen LogP contribution in [0.25, 0.3) is 0 Å². The van der Waals surface area contributed by atoms with Gasteiger partial charge in [-0.05, 0) is 38.8 Å². The van der Waals surface area contributed by atoms with E-state index in [0.717, 1.165) is 11.6 Å². The minimum Gasteiger partial charge on any atom is -0.301 e. The van der Waals surface area contributed by atoms with Gasteiger partial charge in [0.1, 0.15) is 0 Å². The van der Waals surface area contributed by atoms with Gasteiger partial charge in [0.15, 0.2) is 0 Å². The molecule has 0 aromatic carbocycles. The van der Waals surface area contributed by atoms with Gasteiger partial charge in [0.05, 0.1) is 11.7 Å². The van der Waals surface area contributed by atoms with Crippen molar-refractivity contribution in [1.82, 2.24) is 19.9 Å². The van der Waals surface area contributed by atoms with Crippen molar-refractivity contribution in [2.75, 3.05) is 19.6 Å². The van der Waals surface area contributed by atoms with Gasteiger partial charge in [-0.2, -0.15) is 0 Å². The van der Waals surface area contributed by atoms with E-state index in [9.17, 15) is 0 Å². The van der Waals surface area contributed by atoms with Crippen LogP contribution in [-0.4, -0.2) is 39.5 Å². The van der Waals surface area contributed by atoms with Crippen LogP contribution in [0.1, 0.15) is 24.6 Å². The first-order valence-corrected chi connectivity index (χ1v) is 5.44. The lowest BCUT2D eigenvalue weighted by atomic mass is 9.84. The Morgan fingerprint density at radius 1 is 1.36 bits per heavy atom. The molecule has 1 aromatic heterocycles. The lowest BCUT2D eigenvalue weighted by Gasteiger charge is -2.44. The molecule has 0 amide bonds. The summed E-state index contributed by atoms with van der Waals surface area (Å²) in [4.78, 5) is 2.54. The molecule has 0 spiro atoms. The number of piperidine rings is 3. The van der Waals surface area contributed by atoms with E-state index in [0.29, 0.717) is 6.04 Å². The maximum atomic E-state index is 4.20. The summed E-state index contributed by atoms with van der Waals surface area (Å²) in [5.41, 5.74) is 1.03. The van der Waals surface area contributed by atoms with E-state index in [1.807, 2.05) is 6.92 Å². The minimum atomic E-state index is 0.582. The van der Waals surface area contributed by atoms with Crippen LogP contribution in [-0.2, 0) is 0 Å². The molecule has 1 aromatic rings. The van der Waals surface area contributed by atoms with Gasteiger partial charge in [-0.3, -0.25) is 0 Å². The summed E-state index contributed by atoms with van der Waals surface area (Å²) in [6.07, 6.45) is 4.75. The van der Waals surface area contributed by atoms with Crippen molar-refractivity contribution in [2.24, 2.45) is 5.92 Å². The molecule has 3 fully saturated rings. The van der Waals surface area contributed by atoms with Gasteiger partial charge in [0.2, 0.25) is 0 Å². The Morgan fingerprint density at radius 3 is 2.64 bits per heavy atom. The summed E-state index contributed by atoms with van der Waals surface area (Å²) in [5.74, 6) is 0.834. The summed E-state index contributed by atoms with van der Waals surface area (Å²) >= 11 is 0. The summed E-state index contributed by atoms with van der Waals surface area (Å²) in [7, 11) is 0. The average Bonchev–Trinajstić information content (AvgIpc) is 2.66. The van der Waals surface area contributed by atoms with Crippen molar-refractivity contribution < 1.29 is 0 Å². The van der Waals surface area contributed by atoms with Crippen molar-refractivity contribution in [1.29, 1.82) is 0 Å². The Bertz CT molecular complexity index is 325. The lowest BCUT2D eigenvalue weighted by molar-refractivity contribution is 0.0504. The predicted octanol–water partition coefficient (Wildman–Crippen LogP) is 0.853. The quantitative estimate of drug-likeness (QED) is 0.661. The van der Waals surface area contributed by atoms with E-state index >= 15 is 0 Å². The number of hydrogen-bond acceptors (Lipinski definition) is 3. The number of nitrogens with zero attached hydrogens (tertiary/aromatic N) is 4. The van der Waals surface area contributed by atoms with Crippen LogP contribution in [0.4, 0.5) is 0 Å². The van der Waals surface area contributed by atoms with E-state index in [1.165, 1.54) is 32.5 Å². The van der Waals surface area contributed by atoms with Crippen LogP contribution in [0, 0.1) is 12.8 Å². The highest BCUT2D eigenvalue weighted by Crippen LogP contribution is 2.34. The van der Waals surface area contributed by atoms with E-state index in [-0.39, 0.29) is 0 Å². The Kier molecular flexibility index (Phi) is 1.83. The number of aryl methyl sites for hydroxylation is 1. The first-order chi connectivity index (χ1) is 6.83. The van der Waals surface area contributed by atoms with Gasteiger partial charge >= 0.3 is 0 Å². The molecule has 14 heavy (non-hydrogen) atoms. The summed E-state index contributed by atoms with van der Waals surface area (Å²) < 4.78 is 2.07. The second kappa shape index (κ2) is 3.05. The molecule has 1 atom stereocenters. The van der Waals surface area contributed by atoms with Crippen LogP contribution in [0.5, 0.6) is 0 Å². The predicted molar refractivity (Wildman–Crippen MR) is 53.0 cm³/mol. The fourth-order valence-corrected chi connectivity index (χ4v) is 2.76. The fraction of sp³-hybridized carbons (Fsp3) is 0.800. The molecule has 0 N–H and O–H groups in total. The van der Waals surface area contributed by atoms with Crippen molar-refractivity contribution in [3.8, 4) is 0 Å². The molecule has 0 saturated carbocycles. The number of rotatable bonds is 1. The van der Waals surface area contributed by atoms with E-state index in [4.69, 9.17) is 0 Å². The first-order valence-electron chi connectivity index (χ1n) is 5.44. The zero-order valence-corrected chi connectivity index (χ0v) is 8.56. The minimum absolute atomic E-state index is 0.582. The SMILES string of the molecule is Cc1cn(C2CN3CCC2CC3)nn1. The van der Waals surface area contributed by atoms with Crippen LogP contribution < -0.4 is 0 Å². The van der Waals surface area contributed by atoms with Crippen LogP contribution in [0.15, 0.2) is 6.20 Å². The van der Waals surface area contributed by atoms with Crippen LogP contribution in [0.3, 0.4) is 0 Å². The van der Waals surface area contributed by atoms with Crippen molar-refractivity contribution in [3.05, 3.63) is 11.9 Å². The monoisotopic (exact) mass is 192 g/mol. The highest BCUT2D eigenvalue weighted by Gasteiger charge is 2.35. The third-order valence-corrected chi connectivity index (χ3v) is 3.59. The molecular weight excluding hydrogens is 176 g/mol. The molecule has 4 heteroatoms. The molecule has 76 valence electrons. The number of aromatic nitrogens is 3. The molecule has 4 nitrogen and oxygen atoms in total. The average molecular weight is 192 g/mol. The van der Waals surface area contributed by atoms with Gasteiger partial charge in [-0.1, -0.05) is 5.21 Å². The summed E-state index contributed by atoms with van der Waals surface area (Å²) in [5, 5.41) is 8.27. The Balaban J connectivity index is 1.85. The smallest absolute Gasteiger partial charge is 0.0796 e. The van der Waals surface area contributed by atoms with Crippen molar-refractivity contribution in [3.63, 3.8) is 0 Å². The van der Waals surface area contributed by atoms with Gasteiger partial charge in [-0.25, -0.2) is 4.68 Å². The maximum absolute atomic E-state index is 4.20. The zero-order valence-electron chi connectivity index (χ0n) is 8.56. The summed E-state index contributed by atoms with van der Waals surface area (Å²) in [6.45, 7) is 5.75. The third kappa shape index (κ3) is 1.25. The Hall–Kier alpha value is -0.900. The van der Waals surface area contributed by atoms with E-state index in [2.05, 4.69) is 26.1 Å². The second-order valence-electron chi connectivity index (χ2n) is 4.55. The van der Waals surface area contributed by atoms with Gasteiger partial charge in [0.25, 0.3) is 0 Å². The van der Waals surface area contributed by atoms with Gasteiger partial charge < -0.3 is 4.90 Å². The van der Waals surface area contributed by atoms with Crippen LogP contribution >= 0.6 is 0 Å². The molecule has 0 aliphatic carbocycles. The molecule has 4 heterocycles. The lowest BCUT2D eigenvalue weighted by Crippen LogP contribution is -2.48. The largest absolute Gasteiger partial charge is 0.301 e. The molecule has 3 aliphatic heterocycles. The fourth-order valence-electron chi connectivity index (χ4n) is 2.76. The standard InChI is InChI=1S/C10H16N4/c1-8-6-14(12-11-8)10-7-13-4-2-9(10)3-5-13/h6,9-10H,2-5,7H2,1H3. The van der Waals surface area contributed by atoms with Crippen molar-refractivity contribution in [2.45, 2.75) is 25.8 Å². The van der Waals surface area contributed by atoms with Gasteiger partial charge in [-0.15, -0.1) is 5.10 Å². The summed E-state index contributed by atoms with van der Waals surface area (Å²) in [6, 6.07) is 0.582. The normalized spacial score (nSPS) is 36.2. The molecule has 1 unspecified atom stereocenters. The maximum Gasteiger partial charge on any atom is 0.0796 e. The molecule has 0 radical (unpaired) electrons. The molecule has 3 saturated heterocycles. The topological polar surface area (TPSA) is 34.0 Å². The Labute approximate surface area is 83.9 Å². The molecule has 3 aliphatic rings. The zero-order chi connectivity index (χ0) is 9.54. The highest BCUT2D eigenvalue weighted by atomic mass is 15.4. The van der Waals surface area contributed by atoms with Crippen molar-refractivity contribution >= 4 is 0 Å². The molecule has 4 rings (SSSR count).